The number of anilines is 2. The molecule has 0 radical (unpaired) electrons. The summed E-state index contributed by atoms with van der Waals surface area (Å²) in [6.45, 7) is 0. The topological polar surface area (TPSA) is 59.9 Å². The minimum absolute atomic E-state index is 0.180. The lowest BCUT2D eigenvalue weighted by Crippen LogP contribution is -1.96. The van der Waals surface area contributed by atoms with Crippen molar-refractivity contribution in [3.8, 4) is 5.75 Å². The van der Waals surface area contributed by atoms with Gasteiger partial charge in [-0.3, -0.25) is 0 Å². The first-order valence-corrected chi connectivity index (χ1v) is 8.01. The standard InChI is InChI=1S/C13H11FN4OS2/c1-19-9-5-7(3-4-8(9)14)17-11-10-12(16-6-15-11)18-13(20-2)21-10/h3-6H,1-2H3,(H,15,16,17). The fourth-order valence-electron chi connectivity index (χ4n) is 1.79. The number of hydrogen-bond donors (Lipinski definition) is 1. The van der Waals surface area contributed by atoms with Gasteiger partial charge in [-0.1, -0.05) is 11.8 Å². The lowest BCUT2D eigenvalue weighted by atomic mass is 10.3. The van der Waals surface area contributed by atoms with Gasteiger partial charge in [0.2, 0.25) is 0 Å². The molecule has 3 rings (SSSR count). The maximum Gasteiger partial charge on any atom is 0.176 e. The number of ether oxygens (including phenoxy) is 1. The molecule has 2 aromatic heterocycles. The van der Waals surface area contributed by atoms with Crippen molar-refractivity contribution in [1.29, 1.82) is 0 Å². The van der Waals surface area contributed by atoms with E-state index >= 15 is 0 Å². The molecule has 2 heterocycles. The molecule has 5 nitrogen and oxygen atoms in total. The number of methoxy groups -OCH3 is 1. The maximum absolute atomic E-state index is 13.4. The molecule has 0 saturated heterocycles. The number of benzene rings is 1. The normalized spacial score (nSPS) is 10.8. The highest BCUT2D eigenvalue weighted by Gasteiger charge is 2.11. The Bertz CT molecular complexity index is 793. The van der Waals surface area contributed by atoms with Gasteiger partial charge in [0.1, 0.15) is 11.0 Å². The molecule has 1 N–H and O–H groups in total. The molecule has 0 saturated carbocycles. The van der Waals surface area contributed by atoms with E-state index in [1.807, 2.05) is 6.26 Å². The van der Waals surface area contributed by atoms with E-state index in [4.69, 9.17) is 4.74 Å². The van der Waals surface area contributed by atoms with Crippen LogP contribution in [0.25, 0.3) is 10.3 Å². The predicted octanol–water partition coefficient (Wildman–Crippen LogP) is 3.70. The molecular formula is C13H11FN4OS2. The van der Waals surface area contributed by atoms with Crippen molar-refractivity contribution in [2.24, 2.45) is 0 Å². The third-order valence-electron chi connectivity index (χ3n) is 2.76. The summed E-state index contributed by atoms with van der Waals surface area (Å²) in [6, 6.07) is 4.56. The largest absolute Gasteiger partial charge is 0.494 e. The number of nitrogens with one attached hydrogen (secondary N) is 1. The van der Waals surface area contributed by atoms with Crippen molar-refractivity contribution in [2.45, 2.75) is 4.34 Å². The summed E-state index contributed by atoms with van der Waals surface area (Å²) in [5.74, 6) is 0.421. The molecule has 0 unspecified atom stereocenters. The van der Waals surface area contributed by atoms with Crippen LogP contribution in [0.1, 0.15) is 0 Å². The molecular weight excluding hydrogens is 311 g/mol. The van der Waals surface area contributed by atoms with Gasteiger partial charge in [0.15, 0.2) is 27.4 Å². The molecule has 0 fully saturated rings. The second-order valence-corrected chi connectivity index (χ2v) is 6.09. The fourth-order valence-corrected chi connectivity index (χ4v) is 3.24. The van der Waals surface area contributed by atoms with E-state index in [9.17, 15) is 4.39 Å². The van der Waals surface area contributed by atoms with Crippen molar-refractivity contribution in [3.63, 3.8) is 0 Å². The van der Waals surface area contributed by atoms with Crippen LogP contribution in [-0.2, 0) is 0 Å². The van der Waals surface area contributed by atoms with Gasteiger partial charge in [0, 0.05) is 11.8 Å². The highest BCUT2D eigenvalue weighted by atomic mass is 32.2. The number of fused-ring (bicyclic) bond motifs is 1. The minimum atomic E-state index is -0.404. The predicted molar refractivity (Wildman–Crippen MR) is 83.2 cm³/mol. The summed E-state index contributed by atoms with van der Waals surface area (Å²) >= 11 is 3.08. The number of nitrogens with zero attached hydrogens (tertiary/aromatic N) is 3. The molecule has 0 bridgehead atoms. The summed E-state index contributed by atoms with van der Waals surface area (Å²) in [4.78, 5) is 12.8. The molecule has 0 aliphatic rings. The quantitative estimate of drug-likeness (QED) is 0.739. The molecule has 0 spiro atoms. The lowest BCUT2D eigenvalue weighted by molar-refractivity contribution is 0.387. The van der Waals surface area contributed by atoms with Crippen LogP contribution < -0.4 is 10.1 Å². The van der Waals surface area contributed by atoms with E-state index in [-0.39, 0.29) is 5.75 Å². The number of thioether (sulfide) groups is 1. The van der Waals surface area contributed by atoms with Crippen LogP contribution >= 0.6 is 23.1 Å². The van der Waals surface area contributed by atoms with E-state index < -0.39 is 5.82 Å². The van der Waals surface area contributed by atoms with Crippen molar-refractivity contribution < 1.29 is 9.13 Å². The highest BCUT2D eigenvalue weighted by molar-refractivity contribution is 8.00. The highest BCUT2D eigenvalue weighted by Crippen LogP contribution is 2.33. The SMILES string of the molecule is COc1cc(Nc2ncnc3nc(SC)sc23)ccc1F. The molecule has 0 amide bonds. The average Bonchev–Trinajstić information content (AvgIpc) is 2.93. The minimum Gasteiger partial charge on any atom is -0.494 e. The summed E-state index contributed by atoms with van der Waals surface area (Å²) in [5.41, 5.74) is 1.34. The molecule has 1 aromatic carbocycles. The van der Waals surface area contributed by atoms with Gasteiger partial charge in [-0.15, -0.1) is 11.3 Å². The average molecular weight is 322 g/mol. The van der Waals surface area contributed by atoms with Crippen LogP contribution in [0.2, 0.25) is 0 Å². The summed E-state index contributed by atoms with van der Waals surface area (Å²) in [7, 11) is 1.43. The Kier molecular flexibility index (Phi) is 3.89. The van der Waals surface area contributed by atoms with Gasteiger partial charge in [-0.25, -0.2) is 19.3 Å². The second-order valence-electron chi connectivity index (χ2n) is 4.03. The molecule has 0 atom stereocenters. The molecule has 0 aliphatic carbocycles. The van der Waals surface area contributed by atoms with Gasteiger partial charge in [-0.05, 0) is 18.4 Å². The van der Waals surface area contributed by atoms with E-state index in [1.54, 1.807) is 23.9 Å². The fraction of sp³-hybridized carbons (Fsp3) is 0.154. The number of aromatic nitrogens is 3. The Hall–Kier alpha value is -1.93. The first kappa shape index (κ1) is 14.0. The van der Waals surface area contributed by atoms with Crippen LogP contribution in [0.4, 0.5) is 15.9 Å². The first-order chi connectivity index (χ1) is 10.2. The summed E-state index contributed by atoms with van der Waals surface area (Å²) in [5, 5.41) is 3.15. The van der Waals surface area contributed by atoms with Crippen LogP contribution in [0.15, 0.2) is 28.9 Å². The van der Waals surface area contributed by atoms with Crippen molar-refractivity contribution >= 4 is 45.0 Å². The van der Waals surface area contributed by atoms with E-state index in [0.29, 0.717) is 17.2 Å². The Morgan fingerprint density at radius 3 is 2.95 bits per heavy atom. The van der Waals surface area contributed by atoms with Gasteiger partial charge >= 0.3 is 0 Å². The van der Waals surface area contributed by atoms with E-state index in [2.05, 4.69) is 20.3 Å². The third kappa shape index (κ3) is 2.77. The molecule has 21 heavy (non-hydrogen) atoms. The Labute approximate surface area is 128 Å². The third-order valence-corrected chi connectivity index (χ3v) is 4.80. The zero-order chi connectivity index (χ0) is 14.8. The number of thiazole rings is 1. The smallest absolute Gasteiger partial charge is 0.176 e. The monoisotopic (exact) mass is 322 g/mol. The summed E-state index contributed by atoms with van der Waals surface area (Å²) < 4.78 is 20.2. The Morgan fingerprint density at radius 2 is 2.19 bits per heavy atom. The van der Waals surface area contributed by atoms with Gasteiger partial charge in [-0.2, -0.15) is 0 Å². The second kappa shape index (κ2) is 5.82. The molecule has 8 heteroatoms. The molecule has 108 valence electrons. The molecule has 3 aromatic rings. The maximum atomic E-state index is 13.4. The van der Waals surface area contributed by atoms with Crippen molar-refractivity contribution in [2.75, 3.05) is 18.7 Å². The zero-order valence-corrected chi connectivity index (χ0v) is 12.9. The number of halogens is 1. The van der Waals surface area contributed by atoms with Crippen molar-refractivity contribution in [1.82, 2.24) is 15.0 Å². The van der Waals surface area contributed by atoms with Crippen LogP contribution in [0.5, 0.6) is 5.75 Å². The first-order valence-electron chi connectivity index (χ1n) is 5.97. The number of hydrogen-bond acceptors (Lipinski definition) is 7. The van der Waals surface area contributed by atoms with Crippen LogP contribution in [0.3, 0.4) is 0 Å². The Morgan fingerprint density at radius 1 is 1.33 bits per heavy atom. The van der Waals surface area contributed by atoms with Gasteiger partial charge in [0.25, 0.3) is 0 Å². The molecule has 0 aliphatic heterocycles. The van der Waals surface area contributed by atoms with Gasteiger partial charge in [0.05, 0.1) is 7.11 Å². The van der Waals surface area contributed by atoms with Gasteiger partial charge < -0.3 is 10.1 Å². The zero-order valence-electron chi connectivity index (χ0n) is 11.3. The van der Waals surface area contributed by atoms with Crippen LogP contribution in [0, 0.1) is 5.82 Å². The lowest BCUT2D eigenvalue weighted by Gasteiger charge is -2.08. The van der Waals surface area contributed by atoms with E-state index in [1.165, 1.54) is 30.8 Å². The van der Waals surface area contributed by atoms with Crippen molar-refractivity contribution in [3.05, 3.63) is 30.3 Å². The Balaban J connectivity index is 1.99. The van der Waals surface area contributed by atoms with E-state index in [0.717, 1.165) is 9.04 Å². The van der Waals surface area contributed by atoms with Crippen LogP contribution in [-0.4, -0.2) is 28.3 Å². The summed E-state index contributed by atoms with van der Waals surface area (Å²) in [6.07, 6.45) is 3.42. The number of rotatable bonds is 4.